The molecule has 0 amide bonds. The summed E-state index contributed by atoms with van der Waals surface area (Å²) < 4.78 is 0. The Hall–Kier alpha value is -1.62. The minimum atomic E-state index is -0.463. The first-order chi connectivity index (χ1) is 7.09. The van der Waals surface area contributed by atoms with Crippen LogP contribution in [0.3, 0.4) is 0 Å². The number of nitrogens with two attached hydrogens (primary N) is 1. The molecule has 1 aromatic carbocycles. The van der Waals surface area contributed by atoms with Crippen LogP contribution >= 0.6 is 0 Å². The van der Waals surface area contributed by atoms with Crippen molar-refractivity contribution in [2.75, 3.05) is 6.54 Å². The SMILES string of the molecule is NCC1(c2cc([N+](=O)[O-])ccc2O)CC1. The monoisotopic (exact) mass is 208 g/mol. The fourth-order valence-electron chi connectivity index (χ4n) is 1.80. The summed E-state index contributed by atoms with van der Waals surface area (Å²) in [7, 11) is 0. The predicted molar refractivity (Wildman–Crippen MR) is 54.7 cm³/mol. The highest BCUT2D eigenvalue weighted by Crippen LogP contribution is 2.50. The number of hydrogen-bond acceptors (Lipinski definition) is 4. The fourth-order valence-corrected chi connectivity index (χ4v) is 1.80. The molecule has 0 atom stereocenters. The number of non-ortho nitro benzene ring substituents is 1. The largest absolute Gasteiger partial charge is 0.508 e. The number of hydrogen-bond donors (Lipinski definition) is 2. The topological polar surface area (TPSA) is 89.4 Å². The fraction of sp³-hybridized carbons (Fsp3) is 0.400. The van der Waals surface area contributed by atoms with Crippen LogP contribution in [0.15, 0.2) is 18.2 Å². The summed E-state index contributed by atoms with van der Waals surface area (Å²) in [5.41, 5.74) is 6.00. The lowest BCUT2D eigenvalue weighted by Crippen LogP contribution is -2.19. The second kappa shape index (κ2) is 3.20. The van der Waals surface area contributed by atoms with Crippen LogP contribution in [0, 0.1) is 10.1 Å². The highest BCUT2D eigenvalue weighted by molar-refractivity contribution is 5.49. The van der Waals surface area contributed by atoms with Gasteiger partial charge in [0.25, 0.3) is 5.69 Å². The number of phenolic OH excluding ortho intramolecular Hbond substituents is 1. The second-order valence-corrected chi connectivity index (χ2v) is 3.94. The van der Waals surface area contributed by atoms with Crippen molar-refractivity contribution in [1.29, 1.82) is 0 Å². The van der Waals surface area contributed by atoms with Gasteiger partial charge in [-0.15, -0.1) is 0 Å². The van der Waals surface area contributed by atoms with Crippen LogP contribution in [0.5, 0.6) is 5.75 Å². The highest BCUT2D eigenvalue weighted by Gasteiger charge is 2.45. The van der Waals surface area contributed by atoms with E-state index in [4.69, 9.17) is 5.73 Å². The summed E-state index contributed by atoms with van der Waals surface area (Å²) in [6.45, 7) is 0.418. The summed E-state index contributed by atoms with van der Waals surface area (Å²) in [5.74, 6) is 0.101. The Morgan fingerprint density at radius 1 is 1.53 bits per heavy atom. The lowest BCUT2D eigenvalue weighted by atomic mass is 9.95. The summed E-state index contributed by atoms with van der Waals surface area (Å²) in [4.78, 5) is 10.1. The van der Waals surface area contributed by atoms with Gasteiger partial charge in [0.2, 0.25) is 0 Å². The van der Waals surface area contributed by atoms with Crippen molar-refractivity contribution in [3.63, 3.8) is 0 Å². The number of phenols is 1. The lowest BCUT2D eigenvalue weighted by molar-refractivity contribution is -0.385. The van der Waals surface area contributed by atoms with Gasteiger partial charge < -0.3 is 10.8 Å². The molecule has 80 valence electrons. The van der Waals surface area contributed by atoms with Crippen LogP contribution in [-0.2, 0) is 5.41 Å². The number of benzene rings is 1. The number of rotatable bonds is 3. The number of nitrogens with zero attached hydrogens (tertiary/aromatic N) is 1. The van der Waals surface area contributed by atoms with Gasteiger partial charge in [0.15, 0.2) is 0 Å². The van der Waals surface area contributed by atoms with E-state index in [0.717, 1.165) is 12.8 Å². The molecule has 1 saturated carbocycles. The number of aromatic hydroxyl groups is 1. The Bertz CT molecular complexity index is 413. The van der Waals surface area contributed by atoms with E-state index < -0.39 is 4.92 Å². The van der Waals surface area contributed by atoms with E-state index in [0.29, 0.717) is 12.1 Å². The smallest absolute Gasteiger partial charge is 0.269 e. The van der Waals surface area contributed by atoms with E-state index in [1.165, 1.54) is 18.2 Å². The molecule has 1 fully saturated rings. The molecule has 1 aliphatic carbocycles. The Morgan fingerprint density at radius 2 is 2.20 bits per heavy atom. The van der Waals surface area contributed by atoms with Crippen LogP contribution < -0.4 is 5.73 Å². The van der Waals surface area contributed by atoms with Gasteiger partial charge in [-0.3, -0.25) is 10.1 Å². The molecule has 2 rings (SSSR count). The normalized spacial score (nSPS) is 17.4. The molecule has 3 N–H and O–H groups in total. The zero-order chi connectivity index (χ0) is 11.1. The summed E-state index contributed by atoms with van der Waals surface area (Å²) in [6, 6.07) is 4.09. The number of nitro benzene ring substituents is 1. The van der Waals surface area contributed by atoms with Gasteiger partial charge >= 0.3 is 0 Å². The lowest BCUT2D eigenvalue weighted by Gasteiger charge is -2.13. The van der Waals surface area contributed by atoms with Gasteiger partial charge in [-0.2, -0.15) is 0 Å². The maximum absolute atomic E-state index is 10.6. The third-order valence-corrected chi connectivity index (χ3v) is 3.01. The molecule has 1 aromatic rings. The second-order valence-electron chi connectivity index (χ2n) is 3.94. The van der Waals surface area contributed by atoms with Gasteiger partial charge in [-0.25, -0.2) is 0 Å². The van der Waals surface area contributed by atoms with Crippen molar-refractivity contribution < 1.29 is 10.0 Å². The highest BCUT2D eigenvalue weighted by atomic mass is 16.6. The molecule has 5 nitrogen and oxygen atoms in total. The van der Waals surface area contributed by atoms with Gasteiger partial charge in [0, 0.05) is 29.7 Å². The van der Waals surface area contributed by atoms with Crippen molar-refractivity contribution in [3.05, 3.63) is 33.9 Å². The molecule has 0 unspecified atom stereocenters. The zero-order valence-corrected chi connectivity index (χ0v) is 8.14. The van der Waals surface area contributed by atoms with Crippen molar-refractivity contribution in [3.8, 4) is 5.75 Å². The Kier molecular flexibility index (Phi) is 2.12. The van der Waals surface area contributed by atoms with E-state index in [-0.39, 0.29) is 16.9 Å². The first kappa shape index (κ1) is 9.92. The molecule has 0 saturated heterocycles. The minimum absolute atomic E-state index is 0.00234. The summed E-state index contributed by atoms with van der Waals surface area (Å²) in [6.07, 6.45) is 1.77. The van der Waals surface area contributed by atoms with E-state index >= 15 is 0 Å². The average Bonchev–Trinajstić information content (AvgIpc) is 2.99. The molecule has 0 heterocycles. The Labute approximate surface area is 86.7 Å². The molecule has 0 aliphatic heterocycles. The van der Waals surface area contributed by atoms with Gasteiger partial charge in [-0.05, 0) is 18.9 Å². The van der Waals surface area contributed by atoms with Crippen LogP contribution in [-0.4, -0.2) is 16.6 Å². The molecule has 15 heavy (non-hydrogen) atoms. The maximum Gasteiger partial charge on any atom is 0.269 e. The van der Waals surface area contributed by atoms with Crippen LogP contribution in [0.25, 0.3) is 0 Å². The van der Waals surface area contributed by atoms with Crippen molar-refractivity contribution >= 4 is 5.69 Å². The van der Waals surface area contributed by atoms with Gasteiger partial charge in [0.1, 0.15) is 5.75 Å². The Balaban J connectivity index is 2.46. The standard InChI is InChI=1S/C10H12N2O3/c11-6-10(3-4-10)8-5-7(12(14)15)1-2-9(8)13/h1-2,5,13H,3-4,6,11H2. The maximum atomic E-state index is 10.6. The third kappa shape index (κ3) is 1.55. The molecule has 0 radical (unpaired) electrons. The predicted octanol–water partition coefficient (Wildman–Crippen LogP) is 1.29. The van der Waals surface area contributed by atoms with Crippen molar-refractivity contribution in [2.45, 2.75) is 18.3 Å². The van der Waals surface area contributed by atoms with Crippen LogP contribution in [0.1, 0.15) is 18.4 Å². The van der Waals surface area contributed by atoms with Crippen molar-refractivity contribution in [1.82, 2.24) is 0 Å². The van der Waals surface area contributed by atoms with Crippen LogP contribution in [0.2, 0.25) is 0 Å². The molecule has 0 bridgehead atoms. The Morgan fingerprint density at radius 3 is 2.67 bits per heavy atom. The first-order valence-corrected chi connectivity index (χ1v) is 4.77. The molecular weight excluding hydrogens is 196 g/mol. The summed E-state index contributed by atoms with van der Waals surface area (Å²) >= 11 is 0. The van der Waals surface area contributed by atoms with Crippen LogP contribution in [0.4, 0.5) is 5.69 Å². The van der Waals surface area contributed by atoms with E-state index in [1.54, 1.807) is 0 Å². The molecule has 0 spiro atoms. The van der Waals surface area contributed by atoms with E-state index in [1.807, 2.05) is 0 Å². The molecule has 5 heteroatoms. The van der Waals surface area contributed by atoms with E-state index in [2.05, 4.69) is 0 Å². The average molecular weight is 208 g/mol. The van der Waals surface area contributed by atoms with Crippen molar-refractivity contribution in [2.24, 2.45) is 5.73 Å². The minimum Gasteiger partial charge on any atom is -0.508 e. The van der Waals surface area contributed by atoms with E-state index in [9.17, 15) is 15.2 Å². The number of nitro groups is 1. The quantitative estimate of drug-likeness (QED) is 0.578. The molecule has 0 aromatic heterocycles. The molecule has 1 aliphatic rings. The van der Waals surface area contributed by atoms with Gasteiger partial charge in [0.05, 0.1) is 4.92 Å². The summed E-state index contributed by atoms with van der Waals surface area (Å²) in [5, 5.41) is 20.2. The zero-order valence-electron chi connectivity index (χ0n) is 8.14. The first-order valence-electron chi connectivity index (χ1n) is 4.77. The third-order valence-electron chi connectivity index (χ3n) is 3.01. The van der Waals surface area contributed by atoms with Gasteiger partial charge in [-0.1, -0.05) is 0 Å². The molecular formula is C10H12N2O3.